The molecule has 2 unspecified atom stereocenters. The zero-order chi connectivity index (χ0) is 26.6. The van der Waals surface area contributed by atoms with Crippen molar-refractivity contribution in [3.05, 3.63) is 29.3 Å². The summed E-state index contributed by atoms with van der Waals surface area (Å²) in [6.45, 7) is 15.2. The van der Waals surface area contributed by atoms with E-state index in [2.05, 4.69) is 62.1 Å². The minimum absolute atomic E-state index is 0.0459. The zero-order valence-electron chi connectivity index (χ0n) is 23.2. The van der Waals surface area contributed by atoms with Crippen LogP contribution in [0.2, 0.25) is 18.1 Å². The van der Waals surface area contributed by atoms with Crippen LogP contribution < -0.4 is 4.43 Å². The third-order valence-electron chi connectivity index (χ3n) is 7.44. The van der Waals surface area contributed by atoms with E-state index in [0.29, 0.717) is 19.6 Å². The molecule has 7 nitrogen and oxygen atoms in total. The lowest BCUT2D eigenvalue weighted by Crippen LogP contribution is -2.43. The fourth-order valence-electron chi connectivity index (χ4n) is 4.17. The van der Waals surface area contributed by atoms with Crippen molar-refractivity contribution in [1.29, 1.82) is 0 Å². The highest BCUT2D eigenvalue weighted by Gasteiger charge is 2.39. The minimum atomic E-state index is -1.97. The van der Waals surface area contributed by atoms with E-state index in [9.17, 15) is 5.11 Å². The third-order valence-corrected chi connectivity index (χ3v) is 12.7. The number of aryl methyl sites for hydroxylation is 1. The van der Waals surface area contributed by atoms with Crippen molar-refractivity contribution < 1.29 is 19.0 Å². The standard InChI is InChI=1S/C28H43N3O4SSi/c1-20(32)14-17-33-15-9-10-21-19-36-27(29-21)26-23-18-22(35-37(5,6)28(2,3)4)12-13-24(23)31(30-26)25-11-7-8-16-34-25/h12-13,18-20,25,32H,7-11,14-17H2,1-6H3. The van der Waals surface area contributed by atoms with Gasteiger partial charge in [-0.1, -0.05) is 20.8 Å². The van der Waals surface area contributed by atoms with Crippen LogP contribution in [0.1, 0.15) is 71.7 Å². The summed E-state index contributed by atoms with van der Waals surface area (Å²) in [5, 5.41) is 18.7. The Morgan fingerprint density at radius 2 is 2.05 bits per heavy atom. The van der Waals surface area contributed by atoms with E-state index in [1.165, 1.54) is 0 Å². The highest BCUT2D eigenvalue weighted by atomic mass is 32.1. The first kappa shape index (κ1) is 28.2. The Bertz CT molecular complexity index is 1160. The average molecular weight is 546 g/mol. The number of ether oxygens (including phenoxy) is 2. The van der Waals surface area contributed by atoms with Crippen LogP contribution in [-0.4, -0.2) is 54.1 Å². The fourth-order valence-corrected chi connectivity index (χ4v) is 6.04. The number of nitrogens with zero attached hydrogens (tertiary/aromatic N) is 3. The molecule has 1 saturated heterocycles. The third kappa shape index (κ3) is 7.00. The smallest absolute Gasteiger partial charge is 0.250 e. The molecule has 0 amide bonds. The monoisotopic (exact) mass is 545 g/mol. The van der Waals surface area contributed by atoms with Gasteiger partial charge in [-0.25, -0.2) is 9.67 Å². The molecular formula is C28H43N3O4SSi. The molecule has 204 valence electrons. The summed E-state index contributed by atoms with van der Waals surface area (Å²) in [7, 11) is -1.97. The van der Waals surface area contributed by atoms with Crippen LogP contribution >= 0.6 is 11.3 Å². The Kier molecular flexibility index (Phi) is 9.11. The van der Waals surface area contributed by atoms with Gasteiger partial charge in [0.1, 0.15) is 16.5 Å². The van der Waals surface area contributed by atoms with E-state index in [-0.39, 0.29) is 17.4 Å². The van der Waals surface area contributed by atoms with E-state index in [1.807, 2.05) is 0 Å². The molecule has 3 aromatic rings. The molecule has 1 aliphatic rings. The van der Waals surface area contributed by atoms with Gasteiger partial charge in [0.15, 0.2) is 6.23 Å². The van der Waals surface area contributed by atoms with Crippen LogP contribution in [0, 0.1) is 0 Å². The van der Waals surface area contributed by atoms with Gasteiger partial charge in [0.05, 0.1) is 17.3 Å². The molecule has 3 heterocycles. The van der Waals surface area contributed by atoms with Crippen LogP contribution in [0.5, 0.6) is 5.75 Å². The van der Waals surface area contributed by atoms with Gasteiger partial charge in [-0.15, -0.1) is 11.3 Å². The van der Waals surface area contributed by atoms with E-state index in [0.717, 1.165) is 71.8 Å². The van der Waals surface area contributed by atoms with Crippen molar-refractivity contribution in [3.8, 4) is 16.5 Å². The number of aliphatic hydroxyl groups excluding tert-OH is 1. The van der Waals surface area contributed by atoms with Crippen LogP contribution in [0.4, 0.5) is 0 Å². The molecule has 2 atom stereocenters. The molecule has 0 spiro atoms. The van der Waals surface area contributed by atoms with Gasteiger partial charge < -0.3 is 19.0 Å². The lowest BCUT2D eigenvalue weighted by molar-refractivity contribution is -0.0365. The van der Waals surface area contributed by atoms with Crippen molar-refractivity contribution in [2.24, 2.45) is 0 Å². The molecule has 37 heavy (non-hydrogen) atoms. The fraction of sp³-hybridized carbons (Fsp3) is 0.643. The van der Waals surface area contributed by atoms with Gasteiger partial charge in [-0.3, -0.25) is 0 Å². The second kappa shape index (κ2) is 11.9. The predicted molar refractivity (Wildman–Crippen MR) is 153 cm³/mol. The molecule has 0 saturated carbocycles. The second-order valence-electron chi connectivity index (χ2n) is 11.7. The molecule has 1 aromatic carbocycles. The summed E-state index contributed by atoms with van der Waals surface area (Å²) in [5.41, 5.74) is 3.02. The normalized spacial score (nSPS) is 17.9. The number of hydrogen-bond donors (Lipinski definition) is 1. The summed E-state index contributed by atoms with van der Waals surface area (Å²) in [6.07, 6.45) is 5.28. The first-order chi connectivity index (χ1) is 17.5. The number of fused-ring (bicyclic) bond motifs is 1. The Morgan fingerprint density at radius 3 is 2.76 bits per heavy atom. The van der Waals surface area contributed by atoms with Gasteiger partial charge in [-0.05, 0) is 81.8 Å². The number of aliphatic hydroxyl groups is 1. The van der Waals surface area contributed by atoms with Crippen LogP contribution in [0.25, 0.3) is 21.6 Å². The van der Waals surface area contributed by atoms with Crippen LogP contribution in [0.3, 0.4) is 0 Å². The maximum absolute atomic E-state index is 9.36. The predicted octanol–water partition coefficient (Wildman–Crippen LogP) is 6.96. The lowest BCUT2D eigenvalue weighted by atomic mass is 10.1. The van der Waals surface area contributed by atoms with Gasteiger partial charge >= 0.3 is 0 Å². The molecule has 0 bridgehead atoms. The number of rotatable bonds is 11. The lowest BCUT2D eigenvalue weighted by Gasteiger charge is -2.36. The molecular weight excluding hydrogens is 502 g/mol. The number of benzene rings is 1. The molecule has 1 fully saturated rings. The summed E-state index contributed by atoms with van der Waals surface area (Å²) >= 11 is 1.64. The van der Waals surface area contributed by atoms with E-state index in [1.54, 1.807) is 18.3 Å². The summed E-state index contributed by atoms with van der Waals surface area (Å²) in [6, 6.07) is 6.36. The second-order valence-corrected chi connectivity index (χ2v) is 17.2. The Morgan fingerprint density at radius 1 is 1.24 bits per heavy atom. The van der Waals surface area contributed by atoms with Gasteiger partial charge in [0.25, 0.3) is 0 Å². The highest BCUT2D eigenvalue weighted by molar-refractivity contribution is 7.13. The van der Waals surface area contributed by atoms with E-state index in [4.69, 9.17) is 24.0 Å². The Hall–Kier alpha value is -1.78. The van der Waals surface area contributed by atoms with Gasteiger partial charge in [0.2, 0.25) is 8.32 Å². The van der Waals surface area contributed by atoms with Gasteiger partial charge in [0, 0.05) is 30.6 Å². The molecule has 1 aliphatic heterocycles. The number of aromatic nitrogens is 3. The molecule has 0 radical (unpaired) electrons. The van der Waals surface area contributed by atoms with Crippen molar-refractivity contribution in [1.82, 2.24) is 14.8 Å². The minimum Gasteiger partial charge on any atom is -0.543 e. The number of hydrogen-bond acceptors (Lipinski definition) is 7. The molecule has 4 rings (SSSR count). The van der Waals surface area contributed by atoms with Crippen molar-refractivity contribution in [2.45, 2.75) is 96.7 Å². The van der Waals surface area contributed by atoms with Crippen LogP contribution in [-0.2, 0) is 15.9 Å². The molecule has 2 aromatic heterocycles. The van der Waals surface area contributed by atoms with Crippen molar-refractivity contribution in [3.63, 3.8) is 0 Å². The quantitative estimate of drug-likeness (QED) is 0.207. The zero-order valence-corrected chi connectivity index (χ0v) is 25.1. The van der Waals surface area contributed by atoms with Crippen LogP contribution in [0.15, 0.2) is 23.6 Å². The maximum atomic E-state index is 9.36. The first-order valence-electron chi connectivity index (χ1n) is 13.6. The summed E-state index contributed by atoms with van der Waals surface area (Å²) < 4.78 is 20.5. The Labute approximate surface area is 226 Å². The number of thiazole rings is 1. The highest BCUT2D eigenvalue weighted by Crippen LogP contribution is 2.40. The van der Waals surface area contributed by atoms with E-state index < -0.39 is 8.32 Å². The van der Waals surface area contributed by atoms with E-state index >= 15 is 0 Å². The summed E-state index contributed by atoms with van der Waals surface area (Å²) in [4.78, 5) is 4.95. The molecule has 0 aliphatic carbocycles. The molecule has 1 N–H and O–H groups in total. The SMILES string of the molecule is CC(O)CCOCCCc1csc(-c2nn(C3CCCCO3)c3ccc(O[Si](C)(C)C(C)(C)C)cc23)n1. The largest absolute Gasteiger partial charge is 0.543 e. The topological polar surface area (TPSA) is 78.6 Å². The molecule has 9 heteroatoms. The Balaban J connectivity index is 1.58. The summed E-state index contributed by atoms with van der Waals surface area (Å²) in [5.74, 6) is 0.899. The van der Waals surface area contributed by atoms with Crippen molar-refractivity contribution >= 4 is 30.6 Å². The average Bonchev–Trinajstić information content (AvgIpc) is 3.45. The van der Waals surface area contributed by atoms with Crippen molar-refractivity contribution in [2.75, 3.05) is 19.8 Å². The van der Waals surface area contributed by atoms with Gasteiger partial charge in [-0.2, -0.15) is 5.10 Å². The first-order valence-corrected chi connectivity index (χ1v) is 17.4. The maximum Gasteiger partial charge on any atom is 0.250 e.